The largest absolute Gasteiger partial charge is 0.493 e. The van der Waals surface area contributed by atoms with Gasteiger partial charge in [0, 0.05) is 21.3 Å². The monoisotopic (exact) mass is 408 g/mol. The van der Waals surface area contributed by atoms with Gasteiger partial charge in [-0.25, -0.2) is 8.42 Å². The van der Waals surface area contributed by atoms with Gasteiger partial charge in [0.05, 0.1) is 18.1 Å². The SMILES string of the molecule is O=S1(=O)CCC(C(Br)c2cc(Br)cc3c2OCC3)C1. The Hall–Kier alpha value is -0.0700. The summed E-state index contributed by atoms with van der Waals surface area (Å²) in [6.07, 6.45) is 1.64. The third-order valence-corrected chi connectivity index (χ3v) is 7.25. The lowest BCUT2D eigenvalue weighted by molar-refractivity contribution is 0.351. The molecule has 2 aliphatic heterocycles. The predicted molar refractivity (Wildman–Crippen MR) is 81.8 cm³/mol. The number of hydrogen-bond donors (Lipinski definition) is 0. The normalized spacial score (nSPS) is 25.9. The van der Waals surface area contributed by atoms with E-state index >= 15 is 0 Å². The van der Waals surface area contributed by atoms with Gasteiger partial charge in [-0.1, -0.05) is 31.9 Å². The van der Waals surface area contributed by atoms with Crippen LogP contribution in [0.3, 0.4) is 0 Å². The van der Waals surface area contributed by atoms with Crippen LogP contribution in [0.2, 0.25) is 0 Å². The van der Waals surface area contributed by atoms with E-state index in [9.17, 15) is 8.42 Å². The van der Waals surface area contributed by atoms with Crippen LogP contribution in [0.15, 0.2) is 16.6 Å². The fourth-order valence-corrected chi connectivity index (χ4v) is 6.21. The second-order valence-electron chi connectivity index (χ2n) is 5.15. The highest BCUT2D eigenvalue weighted by Gasteiger charge is 2.35. The van der Waals surface area contributed by atoms with Crippen LogP contribution < -0.4 is 4.74 Å². The number of ether oxygens (including phenoxy) is 1. The first-order valence-electron chi connectivity index (χ1n) is 6.26. The average molecular weight is 410 g/mol. The van der Waals surface area contributed by atoms with Gasteiger partial charge in [-0.2, -0.15) is 0 Å². The molecular weight excluding hydrogens is 396 g/mol. The first kappa shape index (κ1) is 13.9. The smallest absolute Gasteiger partial charge is 0.150 e. The summed E-state index contributed by atoms with van der Waals surface area (Å²) in [6, 6.07) is 4.12. The molecule has 3 nitrogen and oxygen atoms in total. The summed E-state index contributed by atoms with van der Waals surface area (Å²) in [6.45, 7) is 0.710. The molecule has 0 amide bonds. The summed E-state index contributed by atoms with van der Waals surface area (Å²) in [5.41, 5.74) is 2.28. The summed E-state index contributed by atoms with van der Waals surface area (Å²) in [4.78, 5) is 0.0362. The van der Waals surface area contributed by atoms with E-state index in [1.165, 1.54) is 5.56 Å². The van der Waals surface area contributed by atoms with Crippen LogP contribution in [0.1, 0.15) is 22.4 Å². The van der Waals surface area contributed by atoms with Gasteiger partial charge < -0.3 is 4.74 Å². The second kappa shape index (κ2) is 5.04. The van der Waals surface area contributed by atoms with E-state index in [4.69, 9.17) is 4.74 Å². The maximum absolute atomic E-state index is 11.6. The number of alkyl halides is 1. The highest BCUT2D eigenvalue weighted by molar-refractivity contribution is 9.10. The Morgan fingerprint density at radius 2 is 2.16 bits per heavy atom. The van der Waals surface area contributed by atoms with Crippen LogP contribution in [0.25, 0.3) is 0 Å². The van der Waals surface area contributed by atoms with Crippen molar-refractivity contribution < 1.29 is 13.2 Å². The maximum Gasteiger partial charge on any atom is 0.150 e. The molecule has 0 aromatic heterocycles. The van der Waals surface area contributed by atoms with Crippen LogP contribution in [0.5, 0.6) is 5.75 Å². The standard InChI is InChI=1S/C13H14Br2O3S/c14-10-5-8-1-3-18-13(8)11(6-10)12(15)9-2-4-19(16,17)7-9/h5-6,9,12H,1-4,7H2. The molecule has 2 aliphatic rings. The molecule has 0 spiro atoms. The number of hydrogen-bond acceptors (Lipinski definition) is 3. The molecule has 1 aromatic rings. The van der Waals surface area contributed by atoms with E-state index < -0.39 is 9.84 Å². The van der Waals surface area contributed by atoms with Crippen molar-refractivity contribution in [1.82, 2.24) is 0 Å². The van der Waals surface area contributed by atoms with Gasteiger partial charge in [0.15, 0.2) is 9.84 Å². The van der Waals surface area contributed by atoms with Gasteiger partial charge in [0.25, 0.3) is 0 Å². The summed E-state index contributed by atoms with van der Waals surface area (Å²) >= 11 is 7.21. The molecule has 104 valence electrons. The van der Waals surface area contributed by atoms with Gasteiger partial charge in [0.1, 0.15) is 5.75 Å². The molecule has 0 saturated carbocycles. The molecule has 2 unspecified atom stereocenters. The van der Waals surface area contributed by atoms with E-state index in [0.717, 1.165) is 28.6 Å². The number of halogens is 2. The van der Waals surface area contributed by atoms with Crippen molar-refractivity contribution in [3.05, 3.63) is 27.7 Å². The Morgan fingerprint density at radius 1 is 1.37 bits per heavy atom. The number of rotatable bonds is 2. The number of benzene rings is 1. The van der Waals surface area contributed by atoms with Crippen molar-refractivity contribution in [2.45, 2.75) is 17.7 Å². The molecule has 6 heteroatoms. The molecule has 0 bridgehead atoms. The maximum atomic E-state index is 11.6. The Balaban J connectivity index is 1.94. The van der Waals surface area contributed by atoms with Crippen molar-refractivity contribution in [2.24, 2.45) is 5.92 Å². The number of fused-ring (bicyclic) bond motifs is 1. The van der Waals surface area contributed by atoms with E-state index in [-0.39, 0.29) is 16.5 Å². The minimum atomic E-state index is -2.86. The fourth-order valence-electron chi connectivity index (χ4n) is 2.81. The van der Waals surface area contributed by atoms with Crippen LogP contribution in [-0.2, 0) is 16.3 Å². The molecule has 1 saturated heterocycles. The Bertz CT molecular complexity index is 613. The van der Waals surface area contributed by atoms with E-state index in [0.29, 0.717) is 12.4 Å². The molecule has 0 aliphatic carbocycles. The minimum absolute atomic E-state index is 0.0362. The van der Waals surface area contributed by atoms with Gasteiger partial charge in [-0.3, -0.25) is 0 Å². The van der Waals surface area contributed by atoms with Gasteiger partial charge in [-0.05, 0) is 30.0 Å². The highest BCUT2D eigenvalue weighted by Crippen LogP contribution is 2.45. The van der Waals surface area contributed by atoms with Crippen molar-refractivity contribution in [1.29, 1.82) is 0 Å². The van der Waals surface area contributed by atoms with Crippen molar-refractivity contribution in [3.63, 3.8) is 0 Å². The zero-order valence-electron chi connectivity index (χ0n) is 10.2. The second-order valence-corrected chi connectivity index (χ2v) is 9.28. The topological polar surface area (TPSA) is 43.4 Å². The predicted octanol–water partition coefficient (Wildman–Crippen LogP) is 3.25. The van der Waals surface area contributed by atoms with Gasteiger partial charge in [0.2, 0.25) is 0 Å². The van der Waals surface area contributed by atoms with Crippen LogP contribution >= 0.6 is 31.9 Å². The number of sulfone groups is 1. The molecule has 3 rings (SSSR count). The molecular formula is C13H14Br2O3S. The molecule has 2 atom stereocenters. The van der Waals surface area contributed by atoms with E-state index in [2.05, 4.69) is 37.9 Å². The van der Waals surface area contributed by atoms with Crippen molar-refractivity contribution in [2.75, 3.05) is 18.1 Å². The lowest BCUT2D eigenvalue weighted by Gasteiger charge is -2.19. The summed E-state index contributed by atoms with van der Waals surface area (Å²) in [5, 5.41) is 0. The summed E-state index contributed by atoms with van der Waals surface area (Å²) < 4.78 is 30.0. The third kappa shape index (κ3) is 2.72. The molecule has 19 heavy (non-hydrogen) atoms. The molecule has 0 radical (unpaired) electrons. The zero-order chi connectivity index (χ0) is 13.6. The van der Waals surface area contributed by atoms with E-state index in [1.54, 1.807) is 0 Å². The molecule has 1 aromatic carbocycles. The van der Waals surface area contributed by atoms with Crippen LogP contribution in [0, 0.1) is 5.92 Å². The fraction of sp³-hybridized carbons (Fsp3) is 0.538. The van der Waals surface area contributed by atoms with Crippen LogP contribution in [-0.4, -0.2) is 26.5 Å². The zero-order valence-corrected chi connectivity index (χ0v) is 14.2. The Morgan fingerprint density at radius 3 is 2.84 bits per heavy atom. The quantitative estimate of drug-likeness (QED) is 0.704. The van der Waals surface area contributed by atoms with Gasteiger partial charge >= 0.3 is 0 Å². The van der Waals surface area contributed by atoms with Crippen molar-refractivity contribution >= 4 is 41.7 Å². The first-order valence-corrected chi connectivity index (χ1v) is 9.79. The Labute approximate surface area is 129 Å². The van der Waals surface area contributed by atoms with Crippen LogP contribution in [0.4, 0.5) is 0 Å². The third-order valence-electron chi connectivity index (χ3n) is 3.76. The molecule has 2 heterocycles. The molecule has 1 fully saturated rings. The lowest BCUT2D eigenvalue weighted by Crippen LogP contribution is -2.11. The highest BCUT2D eigenvalue weighted by atomic mass is 79.9. The summed E-state index contributed by atoms with van der Waals surface area (Å²) in [7, 11) is -2.86. The Kier molecular flexibility index (Phi) is 3.69. The van der Waals surface area contributed by atoms with E-state index in [1.807, 2.05) is 6.07 Å². The minimum Gasteiger partial charge on any atom is -0.493 e. The summed E-state index contributed by atoms with van der Waals surface area (Å²) in [5.74, 6) is 1.64. The first-order chi connectivity index (χ1) is 8.96. The average Bonchev–Trinajstić information content (AvgIpc) is 2.93. The molecule has 0 N–H and O–H groups in total. The lowest BCUT2D eigenvalue weighted by atomic mass is 9.96. The van der Waals surface area contributed by atoms with Crippen molar-refractivity contribution in [3.8, 4) is 5.75 Å². The van der Waals surface area contributed by atoms with Gasteiger partial charge in [-0.15, -0.1) is 0 Å².